The summed E-state index contributed by atoms with van der Waals surface area (Å²) in [5.41, 5.74) is 2.16. The second-order valence-electron chi connectivity index (χ2n) is 6.44. The maximum atomic E-state index is 13.0. The first-order valence-corrected chi connectivity index (χ1v) is 9.86. The highest BCUT2D eigenvalue weighted by Gasteiger charge is 2.22. The molecule has 3 rings (SSSR count). The van der Waals surface area contributed by atoms with Crippen molar-refractivity contribution in [2.45, 2.75) is 19.3 Å². The smallest absolute Gasteiger partial charge is 0.307 e. The standard InChI is InChI=1S/C21H17ClFNO3S/c22-16-3-1-2-14(9-16)20-24-18(12-28-20)11-19(25)10-15(21(26)27)8-13-4-6-17(23)7-5-13/h1-7,9,12,15H,8,10-11H2,(H,26,27). The van der Waals surface area contributed by atoms with Gasteiger partial charge in [0.25, 0.3) is 0 Å². The number of nitrogens with zero attached hydrogens (tertiary/aromatic N) is 1. The summed E-state index contributed by atoms with van der Waals surface area (Å²) in [5, 5.41) is 12.6. The van der Waals surface area contributed by atoms with Crippen LogP contribution in [-0.2, 0) is 22.4 Å². The molecule has 1 N–H and O–H groups in total. The number of rotatable bonds is 8. The zero-order valence-corrected chi connectivity index (χ0v) is 16.3. The third-order valence-electron chi connectivity index (χ3n) is 4.22. The van der Waals surface area contributed by atoms with Crippen molar-refractivity contribution in [3.05, 3.63) is 76.0 Å². The van der Waals surface area contributed by atoms with E-state index < -0.39 is 11.9 Å². The molecule has 0 radical (unpaired) electrons. The Morgan fingerprint density at radius 1 is 1.18 bits per heavy atom. The van der Waals surface area contributed by atoms with Crippen molar-refractivity contribution in [1.82, 2.24) is 4.98 Å². The van der Waals surface area contributed by atoms with Gasteiger partial charge in [-0.25, -0.2) is 9.37 Å². The van der Waals surface area contributed by atoms with E-state index in [1.807, 2.05) is 12.1 Å². The summed E-state index contributed by atoms with van der Waals surface area (Å²) in [5.74, 6) is -2.48. The zero-order valence-electron chi connectivity index (χ0n) is 14.8. The van der Waals surface area contributed by atoms with Crippen LogP contribution in [0.3, 0.4) is 0 Å². The first-order chi connectivity index (χ1) is 13.4. The maximum absolute atomic E-state index is 13.0. The largest absolute Gasteiger partial charge is 0.481 e. The lowest BCUT2D eigenvalue weighted by molar-refractivity contribution is -0.143. The van der Waals surface area contributed by atoms with E-state index in [2.05, 4.69) is 4.98 Å². The molecule has 3 aromatic rings. The van der Waals surface area contributed by atoms with Crippen LogP contribution < -0.4 is 0 Å². The van der Waals surface area contributed by atoms with E-state index in [9.17, 15) is 19.1 Å². The molecule has 4 nitrogen and oxygen atoms in total. The molecular weight excluding hydrogens is 401 g/mol. The van der Waals surface area contributed by atoms with Crippen LogP contribution in [0.4, 0.5) is 4.39 Å². The molecule has 144 valence electrons. The molecular formula is C21H17ClFNO3S. The van der Waals surface area contributed by atoms with Crippen molar-refractivity contribution in [2.75, 3.05) is 0 Å². The van der Waals surface area contributed by atoms with Crippen LogP contribution in [0.1, 0.15) is 17.7 Å². The summed E-state index contributed by atoms with van der Waals surface area (Å²) in [6.07, 6.45) is 0.146. The minimum atomic E-state index is -1.05. The number of ketones is 1. The van der Waals surface area contributed by atoms with Gasteiger partial charge in [-0.05, 0) is 36.2 Å². The van der Waals surface area contributed by atoms with E-state index >= 15 is 0 Å². The van der Waals surface area contributed by atoms with Crippen LogP contribution in [-0.4, -0.2) is 21.8 Å². The Hall–Kier alpha value is -2.57. The number of Topliss-reactive ketones (excluding diaryl/α,β-unsaturated/α-hetero) is 1. The summed E-state index contributed by atoms with van der Waals surface area (Å²) in [7, 11) is 0. The van der Waals surface area contributed by atoms with E-state index in [-0.39, 0.29) is 30.9 Å². The van der Waals surface area contributed by atoms with Crippen LogP contribution >= 0.6 is 22.9 Å². The van der Waals surface area contributed by atoms with Crippen LogP contribution in [0, 0.1) is 11.7 Å². The molecule has 1 aromatic heterocycles. The van der Waals surface area contributed by atoms with Gasteiger partial charge < -0.3 is 5.11 Å². The van der Waals surface area contributed by atoms with Crippen LogP contribution in [0.25, 0.3) is 10.6 Å². The summed E-state index contributed by atoms with van der Waals surface area (Å²) in [4.78, 5) is 28.4. The molecule has 0 aliphatic rings. The molecule has 0 amide bonds. The molecule has 0 saturated heterocycles. The predicted molar refractivity (Wildman–Crippen MR) is 107 cm³/mol. The van der Waals surface area contributed by atoms with Gasteiger partial charge in [0.05, 0.1) is 11.6 Å². The van der Waals surface area contributed by atoms with Crippen molar-refractivity contribution >= 4 is 34.7 Å². The fourth-order valence-electron chi connectivity index (χ4n) is 2.84. The molecule has 0 aliphatic carbocycles. The molecule has 0 spiro atoms. The number of carbonyl (C=O) groups excluding carboxylic acids is 1. The molecule has 2 aromatic carbocycles. The number of benzene rings is 2. The number of hydrogen-bond acceptors (Lipinski definition) is 4. The lowest BCUT2D eigenvalue weighted by atomic mass is 9.93. The highest BCUT2D eigenvalue weighted by molar-refractivity contribution is 7.13. The van der Waals surface area contributed by atoms with Crippen LogP contribution in [0.15, 0.2) is 53.9 Å². The fourth-order valence-corrected chi connectivity index (χ4v) is 3.85. The van der Waals surface area contributed by atoms with E-state index in [1.165, 1.54) is 35.6 Å². The van der Waals surface area contributed by atoms with Crippen LogP contribution in [0.5, 0.6) is 0 Å². The Morgan fingerprint density at radius 2 is 1.93 bits per heavy atom. The molecule has 0 aliphatic heterocycles. The number of aromatic nitrogens is 1. The van der Waals surface area contributed by atoms with Gasteiger partial charge in [-0.2, -0.15) is 0 Å². The van der Waals surface area contributed by atoms with Gasteiger partial charge >= 0.3 is 5.97 Å². The molecule has 28 heavy (non-hydrogen) atoms. The van der Waals surface area contributed by atoms with Crippen molar-refractivity contribution in [1.29, 1.82) is 0 Å². The van der Waals surface area contributed by atoms with Crippen molar-refractivity contribution in [2.24, 2.45) is 5.92 Å². The highest BCUT2D eigenvalue weighted by atomic mass is 35.5. The third kappa shape index (κ3) is 5.47. The summed E-state index contributed by atoms with van der Waals surface area (Å²) in [6, 6.07) is 12.9. The Morgan fingerprint density at radius 3 is 2.61 bits per heavy atom. The van der Waals surface area contributed by atoms with Gasteiger partial charge in [-0.3, -0.25) is 9.59 Å². The van der Waals surface area contributed by atoms with E-state index in [1.54, 1.807) is 17.5 Å². The SMILES string of the molecule is O=C(Cc1csc(-c2cccc(Cl)c2)n1)CC(Cc1ccc(F)cc1)C(=O)O. The minimum absolute atomic E-state index is 0.0737. The lowest BCUT2D eigenvalue weighted by Crippen LogP contribution is -2.21. The predicted octanol–water partition coefficient (Wildman–Crippen LogP) is 5.05. The van der Waals surface area contributed by atoms with E-state index in [4.69, 9.17) is 11.6 Å². The number of carboxylic acid groups (broad SMARTS) is 1. The quantitative estimate of drug-likeness (QED) is 0.557. The molecule has 0 fully saturated rings. The maximum Gasteiger partial charge on any atom is 0.307 e. The zero-order chi connectivity index (χ0) is 20.1. The average molecular weight is 418 g/mol. The first-order valence-electron chi connectivity index (χ1n) is 8.60. The molecule has 1 unspecified atom stereocenters. The number of hydrogen-bond donors (Lipinski definition) is 1. The minimum Gasteiger partial charge on any atom is -0.481 e. The van der Waals surface area contributed by atoms with Gasteiger partial charge in [0, 0.05) is 28.8 Å². The first kappa shape index (κ1) is 20.2. The highest BCUT2D eigenvalue weighted by Crippen LogP contribution is 2.26. The lowest BCUT2D eigenvalue weighted by Gasteiger charge is -2.11. The normalized spacial score (nSPS) is 11.9. The average Bonchev–Trinajstić information content (AvgIpc) is 3.11. The topological polar surface area (TPSA) is 67.3 Å². The van der Waals surface area contributed by atoms with Gasteiger partial charge in [-0.15, -0.1) is 11.3 Å². The van der Waals surface area contributed by atoms with Gasteiger partial charge in [0.2, 0.25) is 0 Å². The fraction of sp³-hybridized carbons (Fsp3) is 0.190. The number of aliphatic carboxylic acids is 1. The molecule has 1 atom stereocenters. The summed E-state index contributed by atoms with van der Waals surface area (Å²) in [6.45, 7) is 0. The van der Waals surface area contributed by atoms with Crippen LogP contribution in [0.2, 0.25) is 5.02 Å². The van der Waals surface area contributed by atoms with Crippen molar-refractivity contribution in [3.8, 4) is 10.6 Å². The van der Waals surface area contributed by atoms with Gasteiger partial charge in [0.15, 0.2) is 0 Å². The Labute approximate surface area is 170 Å². The summed E-state index contributed by atoms with van der Waals surface area (Å²) >= 11 is 7.40. The Kier molecular flexibility index (Phi) is 6.54. The second-order valence-corrected chi connectivity index (χ2v) is 7.73. The Bertz CT molecular complexity index is 987. The molecule has 1 heterocycles. The summed E-state index contributed by atoms with van der Waals surface area (Å²) < 4.78 is 13.0. The molecule has 0 saturated carbocycles. The number of carboxylic acids is 1. The number of thiazole rings is 1. The van der Waals surface area contributed by atoms with E-state index in [0.717, 1.165) is 10.6 Å². The van der Waals surface area contributed by atoms with Crippen molar-refractivity contribution in [3.63, 3.8) is 0 Å². The Balaban J connectivity index is 1.63. The van der Waals surface area contributed by atoms with Crippen molar-refractivity contribution < 1.29 is 19.1 Å². The third-order valence-corrected chi connectivity index (χ3v) is 5.40. The van der Waals surface area contributed by atoms with E-state index in [0.29, 0.717) is 16.3 Å². The molecule has 7 heteroatoms. The monoisotopic (exact) mass is 417 g/mol. The van der Waals surface area contributed by atoms with Gasteiger partial charge in [-0.1, -0.05) is 35.9 Å². The number of halogens is 2. The second kappa shape index (κ2) is 9.08. The van der Waals surface area contributed by atoms with Gasteiger partial charge in [0.1, 0.15) is 16.6 Å². The number of carbonyl (C=O) groups is 2. The molecule has 0 bridgehead atoms.